The second-order valence-corrected chi connectivity index (χ2v) is 6.51. The molecule has 3 nitrogen and oxygen atoms in total. The first-order valence-corrected chi connectivity index (χ1v) is 8.23. The van der Waals surface area contributed by atoms with Crippen LogP contribution < -0.4 is 10.2 Å². The molecule has 1 aromatic rings. The molecule has 0 bridgehead atoms. The lowest BCUT2D eigenvalue weighted by Gasteiger charge is -2.37. The fraction of sp³-hybridized carbons (Fsp3) is 0.625. The van der Waals surface area contributed by atoms with Gasteiger partial charge in [0.1, 0.15) is 0 Å². The first-order valence-electron chi connectivity index (χ1n) is 7.44. The van der Waals surface area contributed by atoms with E-state index < -0.39 is 0 Å². The summed E-state index contributed by atoms with van der Waals surface area (Å²) in [7, 11) is 0. The van der Waals surface area contributed by atoms with Gasteiger partial charge in [0, 0.05) is 23.6 Å². The van der Waals surface area contributed by atoms with Crippen molar-refractivity contribution in [2.24, 2.45) is 0 Å². The van der Waals surface area contributed by atoms with E-state index >= 15 is 0 Å². The highest BCUT2D eigenvalue weighted by atomic mass is 79.9. The van der Waals surface area contributed by atoms with E-state index in [1.54, 1.807) is 0 Å². The van der Waals surface area contributed by atoms with E-state index in [0.29, 0.717) is 6.04 Å². The molecule has 1 saturated heterocycles. The number of nitrogens with one attached hydrogen (secondary N) is 1. The van der Waals surface area contributed by atoms with Gasteiger partial charge in [-0.1, -0.05) is 13.0 Å². The molecule has 0 aromatic heterocycles. The van der Waals surface area contributed by atoms with Crippen LogP contribution in [-0.4, -0.2) is 31.8 Å². The van der Waals surface area contributed by atoms with Crippen molar-refractivity contribution in [3.63, 3.8) is 0 Å². The molecule has 3 atom stereocenters. The predicted molar refractivity (Wildman–Crippen MR) is 88.5 cm³/mol. The Bertz CT molecular complexity index is 442. The van der Waals surface area contributed by atoms with Crippen LogP contribution >= 0.6 is 15.9 Å². The lowest BCUT2D eigenvalue weighted by Crippen LogP contribution is -2.45. The monoisotopic (exact) mass is 340 g/mol. The van der Waals surface area contributed by atoms with E-state index in [1.807, 2.05) is 0 Å². The van der Waals surface area contributed by atoms with Crippen LogP contribution in [-0.2, 0) is 4.74 Å². The van der Waals surface area contributed by atoms with E-state index in [9.17, 15) is 0 Å². The molecule has 1 fully saturated rings. The maximum atomic E-state index is 5.80. The largest absolute Gasteiger partial charge is 0.372 e. The van der Waals surface area contributed by atoms with E-state index in [0.717, 1.165) is 19.6 Å². The second-order valence-electron chi connectivity index (χ2n) is 5.65. The molecule has 1 aliphatic heterocycles. The molecule has 1 N–H and O–H groups in total. The number of halogens is 1. The summed E-state index contributed by atoms with van der Waals surface area (Å²) in [6, 6.07) is 7.05. The van der Waals surface area contributed by atoms with Gasteiger partial charge in [0.25, 0.3) is 0 Å². The van der Waals surface area contributed by atoms with Gasteiger partial charge >= 0.3 is 0 Å². The summed E-state index contributed by atoms with van der Waals surface area (Å²) in [5, 5.41) is 3.45. The molecule has 1 aromatic carbocycles. The highest BCUT2D eigenvalue weighted by Crippen LogP contribution is 2.31. The third-order valence-electron chi connectivity index (χ3n) is 3.74. The topological polar surface area (TPSA) is 24.5 Å². The molecule has 0 amide bonds. The Morgan fingerprint density at radius 2 is 2.00 bits per heavy atom. The Hall–Kier alpha value is -0.580. The summed E-state index contributed by atoms with van der Waals surface area (Å²) in [6.07, 6.45) is 0.567. The van der Waals surface area contributed by atoms with Gasteiger partial charge in [-0.05, 0) is 60.9 Å². The Morgan fingerprint density at radius 1 is 1.35 bits per heavy atom. The zero-order valence-electron chi connectivity index (χ0n) is 12.8. The minimum Gasteiger partial charge on any atom is -0.372 e. The fourth-order valence-corrected chi connectivity index (χ4v) is 3.49. The van der Waals surface area contributed by atoms with Gasteiger partial charge in [0.05, 0.1) is 17.9 Å². The summed E-state index contributed by atoms with van der Waals surface area (Å²) in [4.78, 5) is 2.41. The molecule has 0 saturated carbocycles. The molecule has 1 aliphatic rings. The van der Waals surface area contributed by atoms with Crippen LogP contribution in [0.25, 0.3) is 0 Å². The molecule has 1 heterocycles. The lowest BCUT2D eigenvalue weighted by molar-refractivity contribution is -0.00525. The second kappa shape index (κ2) is 6.92. The van der Waals surface area contributed by atoms with Crippen molar-refractivity contribution < 1.29 is 4.74 Å². The SMILES string of the molecule is CCNC(C)c1ccc(N2CC(C)OC(C)C2)c(Br)c1. The number of hydrogen-bond acceptors (Lipinski definition) is 3. The number of anilines is 1. The average Bonchev–Trinajstić information content (AvgIpc) is 2.37. The molecule has 2 rings (SSSR count). The third-order valence-corrected chi connectivity index (χ3v) is 4.38. The number of nitrogens with zero attached hydrogens (tertiary/aromatic N) is 1. The molecule has 0 radical (unpaired) electrons. The molecule has 20 heavy (non-hydrogen) atoms. The smallest absolute Gasteiger partial charge is 0.0726 e. The van der Waals surface area contributed by atoms with Crippen molar-refractivity contribution in [3.8, 4) is 0 Å². The molecular weight excluding hydrogens is 316 g/mol. The van der Waals surface area contributed by atoms with Crippen molar-refractivity contribution in [2.45, 2.75) is 45.9 Å². The van der Waals surface area contributed by atoms with Crippen LogP contribution in [0, 0.1) is 0 Å². The number of rotatable bonds is 4. The normalized spacial score (nSPS) is 24.8. The first kappa shape index (κ1) is 15.8. The van der Waals surface area contributed by atoms with Crippen molar-refractivity contribution in [1.29, 1.82) is 0 Å². The molecule has 0 spiro atoms. The Labute approximate surface area is 130 Å². The maximum Gasteiger partial charge on any atom is 0.0726 e. The molecule has 0 aliphatic carbocycles. The predicted octanol–water partition coefficient (Wildman–Crippen LogP) is 3.73. The van der Waals surface area contributed by atoms with Gasteiger partial charge in [-0.25, -0.2) is 0 Å². The van der Waals surface area contributed by atoms with Crippen molar-refractivity contribution in [3.05, 3.63) is 28.2 Å². The average molecular weight is 341 g/mol. The summed E-state index contributed by atoms with van der Waals surface area (Å²) in [6.45, 7) is 11.5. The van der Waals surface area contributed by atoms with E-state index in [2.05, 4.69) is 72.0 Å². The fourth-order valence-electron chi connectivity index (χ4n) is 2.85. The molecular formula is C16H25BrN2O. The van der Waals surface area contributed by atoms with E-state index in [1.165, 1.54) is 15.7 Å². The molecule has 4 heteroatoms. The molecule has 112 valence electrons. The van der Waals surface area contributed by atoms with Gasteiger partial charge in [-0.15, -0.1) is 0 Å². The highest BCUT2D eigenvalue weighted by Gasteiger charge is 2.23. The Morgan fingerprint density at radius 3 is 2.55 bits per heavy atom. The van der Waals surface area contributed by atoms with Crippen molar-refractivity contribution in [1.82, 2.24) is 5.32 Å². The quantitative estimate of drug-likeness (QED) is 0.903. The number of morpholine rings is 1. The number of benzene rings is 1. The number of ether oxygens (including phenoxy) is 1. The highest BCUT2D eigenvalue weighted by molar-refractivity contribution is 9.10. The van der Waals surface area contributed by atoms with Crippen LogP contribution in [0.2, 0.25) is 0 Å². The van der Waals surface area contributed by atoms with E-state index in [4.69, 9.17) is 4.74 Å². The minimum absolute atomic E-state index is 0.283. The third kappa shape index (κ3) is 3.74. The van der Waals surface area contributed by atoms with Gasteiger partial charge in [0.2, 0.25) is 0 Å². The summed E-state index contributed by atoms with van der Waals surface area (Å²) >= 11 is 3.73. The first-order chi connectivity index (χ1) is 9.51. The van der Waals surface area contributed by atoms with Crippen molar-refractivity contribution in [2.75, 3.05) is 24.5 Å². The lowest BCUT2D eigenvalue weighted by atomic mass is 10.1. The van der Waals surface area contributed by atoms with Crippen LogP contribution in [0.3, 0.4) is 0 Å². The Kier molecular flexibility index (Phi) is 5.47. The molecule has 3 unspecified atom stereocenters. The van der Waals surface area contributed by atoms with Gasteiger partial charge in [-0.3, -0.25) is 0 Å². The van der Waals surface area contributed by atoms with Crippen LogP contribution in [0.1, 0.15) is 39.3 Å². The van der Waals surface area contributed by atoms with E-state index in [-0.39, 0.29) is 12.2 Å². The van der Waals surface area contributed by atoms with Gasteiger partial charge < -0.3 is 15.0 Å². The summed E-state index contributed by atoms with van der Waals surface area (Å²) < 4.78 is 6.97. The minimum atomic E-state index is 0.283. The van der Waals surface area contributed by atoms with Gasteiger partial charge in [-0.2, -0.15) is 0 Å². The Balaban J connectivity index is 2.17. The summed E-state index contributed by atoms with van der Waals surface area (Å²) in [5.74, 6) is 0. The standard InChI is InChI=1S/C16H25BrN2O/c1-5-18-13(4)14-6-7-16(15(17)8-14)19-9-11(2)20-12(3)10-19/h6-8,11-13,18H,5,9-10H2,1-4H3. The van der Waals surface area contributed by atoms with Crippen LogP contribution in [0.4, 0.5) is 5.69 Å². The summed E-state index contributed by atoms with van der Waals surface area (Å²) in [5.41, 5.74) is 2.58. The van der Waals surface area contributed by atoms with Crippen LogP contribution in [0.5, 0.6) is 0 Å². The van der Waals surface area contributed by atoms with Crippen LogP contribution in [0.15, 0.2) is 22.7 Å². The number of hydrogen-bond donors (Lipinski definition) is 1. The zero-order chi connectivity index (χ0) is 14.7. The zero-order valence-corrected chi connectivity index (χ0v) is 14.4. The van der Waals surface area contributed by atoms with Gasteiger partial charge in [0.15, 0.2) is 0 Å². The maximum absolute atomic E-state index is 5.80. The van der Waals surface area contributed by atoms with Crippen molar-refractivity contribution >= 4 is 21.6 Å².